The van der Waals surface area contributed by atoms with E-state index in [0.717, 1.165) is 0 Å². The summed E-state index contributed by atoms with van der Waals surface area (Å²) in [6, 6.07) is 10.7. The summed E-state index contributed by atoms with van der Waals surface area (Å²) in [6.07, 6.45) is 0.499. The highest BCUT2D eigenvalue weighted by Crippen LogP contribution is 2.42. The summed E-state index contributed by atoms with van der Waals surface area (Å²) in [6.45, 7) is 3.07. The van der Waals surface area contributed by atoms with Gasteiger partial charge in [-0.2, -0.15) is 0 Å². The van der Waals surface area contributed by atoms with Gasteiger partial charge < -0.3 is 32.8 Å². The van der Waals surface area contributed by atoms with Crippen molar-refractivity contribution in [1.29, 1.82) is 0 Å². The van der Waals surface area contributed by atoms with Crippen LogP contribution in [0.4, 0.5) is 0 Å². The number of benzene rings is 2. The largest absolute Gasteiger partial charge is 0.497 e. The summed E-state index contributed by atoms with van der Waals surface area (Å²) < 4.78 is 39.1. The van der Waals surface area contributed by atoms with Gasteiger partial charge in [-0.1, -0.05) is 12.1 Å². The number of nitrogens with zero attached hydrogens (tertiary/aromatic N) is 2. The molecule has 0 aliphatic carbocycles. The van der Waals surface area contributed by atoms with Crippen molar-refractivity contribution in [2.45, 2.75) is 31.9 Å². The van der Waals surface area contributed by atoms with Gasteiger partial charge in [0, 0.05) is 35.5 Å². The van der Waals surface area contributed by atoms with Gasteiger partial charge in [0.15, 0.2) is 11.3 Å². The van der Waals surface area contributed by atoms with Crippen LogP contribution < -0.4 is 35.0 Å². The standard InChI is InChI=1S/C30H32N2O10/c1-16(32-28(33)26-27(42-30(32)35)22(38-5)12-13-31-26)29(34)41-17(2)25(20-10-8-18(36-3)14-23(20)39-6)21-11-9-19(37-4)15-24(21)40-7/h8-17,25H,1-7H3/t16-,17-/m0/s1. The number of pyridine rings is 1. The van der Waals surface area contributed by atoms with E-state index in [0.29, 0.717) is 38.7 Å². The lowest BCUT2D eigenvalue weighted by molar-refractivity contribution is -0.152. The molecule has 222 valence electrons. The molecule has 2 atom stereocenters. The minimum Gasteiger partial charge on any atom is -0.497 e. The third-order valence-electron chi connectivity index (χ3n) is 6.95. The smallest absolute Gasteiger partial charge is 0.423 e. The van der Waals surface area contributed by atoms with Crippen molar-refractivity contribution >= 4 is 17.1 Å². The molecule has 0 amide bonds. The van der Waals surface area contributed by atoms with E-state index in [2.05, 4.69) is 4.98 Å². The van der Waals surface area contributed by atoms with Crippen molar-refractivity contribution in [2.24, 2.45) is 0 Å². The van der Waals surface area contributed by atoms with E-state index < -0.39 is 35.3 Å². The third-order valence-corrected chi connectivity index (χ3v) is 6.95. The van der Waals surface area contributed by atoms with E-state index in [9.17, 15) is 14.4 Å². The quantitative estimate of drug-likeness (QED) is 0.240. The Balaban J connectivity index is 1.77. The first-order chi connectivity index (χ1) is 20.2. The van der Waals surface area contributed by atoms with E-state index in [4.69, 9.17) is 32.8 Å². The molecule has 12 heteroatoms. The molecule has 0 saturated heterocycles. The molecule has 0 N–H and O–H groups in total. The highest BCUT2D eigenvalue weighted by molar-refractivity contribution is 5.78. The Morgan fingerprint density at radius 2 is 1.33 bits per heavy atom. The molecule has 2 aromatic carbocycles. The summed E-state index contributed by atoms with van der Waals surface area (Å²) in [5.41, 5.74) is 0.258. The van der Waals surface area contributed by atoms with Gasteiger partial charge in [-0.3, -0.25) is 4.79 Å². The van der Waals surface area contributed by atoms with Crippen LogP contribution in [0.5, 0.6) is 28.7 Å². The topological polar surface area (TPSA) is 138 Å². The second-order valence-corrected chi connectivity index (χ2v) is 9.25. The minimum atomic E-state index is -1.34. The molecule has 12 nitrogen and oxygen atoms in total. The minimum absolute atomic E-state index is 0.113. The number of aromatic nitrogens is 2. The molecule has 0 radical (unpaired) electrons. The zero-order valence-corrected chi connectivity index (χ0v) is 24.3. The number of methoxy groups -OCH3 is 5. The average Bonchev–Trinajstić information content (AvgIpc) is 3.00. The van der Waals surface area contributed by atoms with Gasteiger partial charge in [0.2, 0.25) is 5.58 Å². The summed E-state index contributed by atoms with van der Waals surface area (Å²) in [5.74, 6) is -0.235. The molecule has 0 unspecified atom stereocenters. The lowest BCUT2D eigenvalue weighted by Gasteiger charge is -2.29. The maximum Gasteiger partial charge on any atom is 0.423 e. The van der Waals surface area contributed by atoms with E-state index in [-0.39, 0.29) is 16.8 Å². The van der Waals surface area contributed by atoms with Gasteiger partial charge >= 0.3 is 11.7 Å². The van der Waals surface area contributed by atoms with Gasteiger partial charge in [0.25, 0.3) is 5.56 Å². The highest BCUT2D eigenvalue weighted by atomic mass is 16.5. The van der Waals surface area contributed by atoms with Crippen LogP contribution in [0, 0.1) is 0 Å². The maximum atomic E-state index is 13.5. The molecule has 4 rings (SSSR count). The fourth-order valence-electron chi connectivity index (χ4n) is 4.79. The molecule has 0 aliphatic heterocycles. The molecular weight excluding hydrogens is 548 g/mol. The molecule has 42 heavy (non-hydrogen) atoms. The van der Waals surface area contributed by atoms with Gasteiger partial charge in [-0.15, -0.1) is 0 Å². The van der Waals surface area contributed by atoms with Crippen LogP contribution >= 0.6 is 0 Å². The molecule has 4 aromatic rings. The lowest BCUT2D eigenvalue weighted by Crippen LogP contribution is -2.40. The molecule has 2 heterocycles. The fraction of sp³-hybridized carbons (Fsp3) is 0.333. The summed E-state index contributed by atoms with van der Waals surface area (Å²) in [7, 11) is 7.50. The van der Waals surface area contributed by atoms with Crippen LogP contribution in [-0.4, -0.2) is 57.2 Å². The highest BCUT2D eigenvalue weighted by Gasteiger charge is 2.33. The van der Waals surface area contributed by atoms with Gasteiger partial charge in [-0.25, -0.2) is 19.1 Å². The Morgan fingerprint density at radius 3 is 1.83 bits per heavy atom. The number of hydrogen-bond donors (Lipinski definition) is 0. The second-order valence-electron chi connectivity index (χ2n) is 9.25. The Morgan fingerprint density at radius 1 is 0.786 bits per heavy atom. The average molecular weight is 581 g/mol. The van der Waals surface area contributed by atoms with Crippen molar-refractivity contribution in [3.05, 3.63) is 80.7 Å². The first-order valence-electron chi connectivity index (χ1n) is 12.9. The number of hydrogen-bond acceptors (Lipinski definition) is 11. The first-order valence-corrected chi connectivity index (χ1v) is 12.9. The third kappa shape index (κ3) is 5.60. The van der Waals surface area contributed by atoms with E-state index in [1.54, 1.807) is 57.5 Å². The van der Waals surface area contributed by atoms with Crippen LogP contribution in [0.1, 0.15) is 36.9 Å². The second kappa shape index (κ2) is 12.7. The van der Waals surface area contributed by atoms with Crippen molar-refractivity contribution in [2.75, 3.05) is 35.5 Å². The number of ether oxygens (including phenoxy) is 6. The van der Waals surface area contributed by atoms with Crippen molar-refractivity contribution in [1.82, 2.24) is 9.55 Å². The Hall–Kier alpha value is -5.00. The van der Waals surface area contributed by atoms with Crippen molar-refractivity contribution in [3.8, 4) is 28.7 Å². The van der Waals surface area contributed by atoms with Gasteiger partial charge in [0.05, 0.1) is 41.5 Å². The predicted molar refractivity (Wildman–Crippen MR) is 152 cm³/mol. The molecular formula is C30H32N2O10. The summed E-state index contributed by atoms with van der Waals surface area (Å²) in [4.78, 5) is 43.6. The monoisotopic (exact) mass is 580 g/mol. The van der Waals surface area contributed by atoms with E-state index >= 15 is 0 Å². The van der Waals surface area contributed by atoms with Gasteiger partial charge in [-0.05, 0) is 26.0 Å². The van der Waals surface area contributed by atoms with Crippen LogP contribution in [0.2, 0.25) is 0 Å². The van der Waals surface area contributed by atoms with E-state index in [1.165, 1.54) is 40.5 Å². The molecule has 0 saturated carbocycles. The SMILES string of the molecule is COc1ccc(C(c2ccc(OC)cc2OC)[C@H](C)OC(=O)[C@H](C)n2c(=O)oc3c(OC)ccnc3c2=O)c(OC)c1. The summed E-state index contributed by atoms with van der Waals surface area (Å²) >= 11 is 0. The van der Waals surface area contributed by atoms with Crippen LogP contribution in [0.25, 0.3) is 11.1 Å². The number of esters is 1. The number of rotatable bonds is 11. The van der Waals surface area contributed by atoms with Crippen molar-refractivity contribution < 1.29 is 37.6 Å². The lowest BCUT2D eigenvalue weighted by atomic mass is 9.85. The number of fused-ring (bicyclic) bond motifs is 1. The van der Waals surface area contributed by atoms with Crippen molar-refractivity contribution in [3.63, 3.8) is 0 Å². The summed E-state index contributed by atoms with van der Waals surface area (Å²) in [5, 5.41) is 0. The molecule has 2 aromatic heterocycles. The fourth-order valence-corrected chi connectivity index (χ4v) is 4.79. The molecule has 0 aliphatic rings. The zero-order chi connectivity index (χ0) is 30.6. The van der Waals surface area contributed by atoms with Gasteiger partial charge in [0.1, 0.15) is 35.1 Å². The normalized spacial score (nSPS) is 12.5. The predicted octanol–water partition coefficient (Wildman–Crippen LogP) is 3.72. The number of carbonyl (C=O) groups is 1. The van der Waals surface area contributed by atoms with Crippen LogP contribution in [-0.2, 0) is 9.53 Å². The first kappa shape index (κ1) is 30.0. The molecule has 0 fully saturated rings. The Bertz CT molecular complexity index is 1660. The molecule has 0 spiro atoms. The molecule has 0 bridgehead atoms. The Kier molecular flexibility index (Phi) is 9.04. The number of carbonyl (C=O) groups excluding carboxylic acids is 1. The van der Waals surface area contributed by atoms with Crippen LogP contribution in [0.15, 0.2) is 62.7 Å². The zero-order valence-electron chi connectivity index (χ0n) is 24.3. The Labute approximate surface area is 241 Å². The van der Waals surface area contributed by atoms with Crippen LogP contribution in [0.3, 0.4) is 0 Å². The van der Waals surface area contributed by atoms with E-state index in [1.807, 2.05) is 0 Å². The maximum absolute atomic E-state index is 13.5.